The number of thiophene rings is 1. The highest BCUT2D eigenvalue weighted by molar-refractivity contribution is 7.19. The topological polar surface area (TPSA) is 86.2 Å². The van der Waals surface area contributed by atoms with Crippen molar-refractivity contribution < 1.29 is 4.92 Å². The van der Waals surface area contributed by atoms with Crippen LogP contribution in [-0.2, 0) is 12.8 Å². The Bertz CT molecular complexity index is 1180. The summed E-state index contributed by atoms with van der Waals surface area (Å²) in [4.78, 5) is 22.3. The van der Waals surface area contributed by atoms with E-state index in [2.05, 4.69) is 17.0 Å². The van der Waals surface area contributed by atoms with E-state index < -0.39 is 4.92 Å². The van der Waals surface area contributed by atoms with Crippen molar-refractivity contribution in [1.29, 1.82) is 0 Å². The highest BCUT2D eigenvalue weighted by atomic mass is 32.1. The van der Waals surface area contributed by atoms with E-state index in [9.17, 15) is 10.1 Å². The van der Waals surface area contributed by atoms with Crippen LogP contribution in [0.5, 0.6) is 0 Å². The maximum Gasteiger partial charge on any atom is 0.269 e. The van der Waals surface area contributed by atoms with Gasteiger partial charge in [-0.1, -0.05) is 13.3 Å². The van der Waals surface area contributed by atoms with Crippen molar-refractivity contribution in [2.24, 2.45) is 5.92 Å². The largest absolute Gasteiger partial charge is 0.269 e. The first-order valence-corrected chi connectivity index (χ1v) is 9.86. The molecule has 1 atom stereocenters. The van der Waals surface area contributed by atoms with Gasteiger partial charge in [-0.25, -0.2) is 14.5 Å². The van der Waals surface area contributed by atoms with Crippen molar-refractivity contribution in [3.05, 3.63) is 51.1 Å². The molecule has 3 aromatic heterocycles. The molecule has 8 heteroatoms. The highest BCUT2D eigenvalue weighted by Crippen LogP contribution is 2.39. The van der Waals surface area contributed by atoms with E-state index in [4.69, 9.17) is 4.98 Å². The summed E-state index contributed by atoms with van der Waals surface area (Å²) in [6, 6.07) is 6.33. The predicted molar refractivity (Wildman–Crippen MR) is 104 cm³/mol. The van der Waals surface area contributed by atoms with Crippen LogP contribution >= 0.6 is 11.3 Å². The first-order valence-electron chi connectivity index (χ1n) is 9.04. The molecule has 27 heavy (non-hydrogen) atoms. The Morgan fingerprint density at radius 2 is 2.15 bits per heavy atom. The summed E-state index contributed by atoms with van der Waals surface area (Å²) in [5.74, 6) is 1.32. The average Bonchev–Trinajstić information content (AvgIpc) is 3.28. The molecule has 0 spiro atoms. The second-order valence-corrected chi connectivity index (χ2v) is 8.04. The van der Waals surface area contributed by atoms with Crippen LogP contribution in [-0.4, -0.2) is 24.5 Å². The highest BCUT2D eigenvalue weighted by Gasteiger charge is 2.24. The van der Waals surface area contributed by atoms with Gasteiger partial charge in [-0.2, -0.15) is 0 Å². The molecule has 5 rings (SSSR count). The van der Waals surface area contributed by atoms with Gasteiger partial charge in [0.15, 0.2) is 11.5 Å². The van der Waals surface area contributed by atoms with Gasteiger partial charge in [0.2, 0.25) is 0 Å². The van der Waals surface area contributed by atoms with Gasteiger partial charge in [0.05, 0.1) is 10.3 Å². The number of benzene rings is 1. The number of nitro benzene ring substituents is 1. The summed E-state index contributed by atoms with van der Waals surface area (Å²) in [6.07, 6.45) is 6.32. The minimum absolute atomic E-state index is 0.0592. The lowest BCUT2D eigenvalue weighted by Gasteiger charge is -2.20. The van der Waals surface area contributed by atoms with E-state index >= 15 is 0 Å². The lowest BCUT2D eigenvalue weighted by molar-refractivity contribution is -0.384. The predicted octanol–water partition coefficient (Wildman–Crippen LogP) is 4.43. The Morgan fingerprint density at radius 3 is 2.89 bits per heavy atom. The van der Waals surface area contributed by atoms with Gasteiger partial charge < -0.3 is 0 Å². The third-order valence-corrected chi connectivity index (χ3v) is 6.56. The average molecular weight is 379 g/mol. The number of hydrogen-bond acceptors (Lipinski definition) is 6. The number of non-ortho nitro benzene ring substituents is 1. The Balaban J connectivity index is 1.64. The number of nitro groups is 1. The van der Waals surface area contributed by atoms with Crippen molar-refractivity contribution in [2.75, 3.05) is 0 Å². The Morgan fingerprint density at radius 1 is 1.33 bits per heavy atom. The Hall–Kier alpha value is -2.87. The molecule has 0 radical (unpaired) electrons. The van der Waals surface area contributed by atoms with Crippen molar-refractivity contribution >= 4 is 32.9 Å². The van der Waals surface area contributed by atoms with Gasteiger partial charge in [0.1, 0.15) is 11.2 Å². The zero-order valence-electron chi connectivity index (χ0n) is 14.8. The van der Waals surface area contributed by atoms with Crippen molar-refractivity contribution in [2.45, 2.75) is 32.6 Å². The smallest absolute Gasteiger partial charge is 0.258 e. The van der Waals surface area contributed by atoms with E-state index in [0.29, 0.717) is 5.82 Å². The SMILES string of the molecule is CC[C@@H]1CCc2c(sc3ncn4nc(-c5ccc([N+](=O)[O-])cc5)nc4c23)C1. The zero-order valence-corrected chi connectivity index (χ0v) is 15.6. The molecule has 0 N–H and O–H groups in total. The summed E-state index contributed by atoms with van der Waals surface area (Å²) in [5, 5.41) is 16.5. The molecule has 0 aliphatic heterocycles. The fourth-order valence-corrected chi connectivity index (χ4v) is 5.14. The third kappa shape index (κ3) is 2.59. The lowest BCUT2D eigenvalue weighted by atomic mass is 9.86. The fraction of sp³-hybridized carbons (Fsp3) is 0.316. The fourth-order valence-electron chi connectivity index (χ4n) is 3.85. The van der Waals surface area contributed by atoms with Crippen LogP contribution in [0.2, 0.25) is 0 Å². The van der Waals surface area contributed by atoms with Gasteiger partial charge in [-0.3, -0.25) is 10.1 Å². The van der Waals surface area contributed by atoms with Crippen LogP contribution in [0.25, 0.3) is 27.3 Å². The molecule has 1 aliphatic carbocycles. The van der Waals surface area contributed by atoms with Gasteiger partial charge in [0, 0.05) is 22.6 Å². The summed E-state index contributed by atoms with van der Waals surface area (Å²) in [7, 11) is 0. The molecular weight excluding hydrogens is 362 g/mol. The molecule has 0 bridgehead atoms. The van der Waals surface area contributed by atoms with Gasteiger partial charge in [0.25, 0.3) is 5.69 Å². The minimum atomic E-state index is -0.407. The number of fused-ring (bicyclic) bond motifs is 5. The van der Waals surface area contributed by atoms with Crippen LogP contribution in [0.4, 0.5) is 5.69 Å². The first kappa shape index (κ1) is 16.3. The molecular formula is C19H17N5O2S. The van der Waals surface area contributed by atoms with E-state index in [1.807, 2.05) is 0 Å². The van der Waals surface area contributed by atoms with Gasteiger partial charge in [-0.05, 0) is 42.9 Å². The molecule has 0 saturated carbocycles. The molecule has 0 saturated heterocycles. The molecule has 7 nitrogen and oxygen atoms in total. The number of aryl methyl sites for hydroxylation is 1. The lowest BCUT2D eigenvalue weighted by Crippen LogP contribution is -2.11. The quantitative estimate of drug-likeness (QED) is 0.388. The van der Waals surface area contributed by atoms with E-state index in [1.165, 1.54) is 35.4 Å². The number of rotatable bonds is 3. The van der Waals surface area contributed by atoms with E-state index in [-0.39, 0.29) is 5.69 Å². The van der Waals surface area contributed by atoms with Gasteiger partial charge >= 0.3 is 0 Å². The maximum atomic E-state index is 10.9. The normalized spacial score (nSPS) is 16.7. The van der Waals surface area contributed by atoms with Crippen molar-refractivity contribution in [3.8, 4) is 11.4 Å². The van der Waals surface area contributed by atoms with E-state index in [1.54, 1.807) is 34.3 Å². The molecule has 1 aromatic carbocycles. The number of nitrogens with zero attached hydrogens (tertiary/aromatic N) is 5. The minimum Gasteiger partial charge on any atom is -0.258 e. The Labute approximate surface area is 158 Å². The molecule has 0 unspecified atom stereocenters. The molecule has 4 aromatic rings. The zero-order chi connectivity index (χ0) is 18.5. The molecule has 0 fully saturated rings. The Kier molecular flexibility index (Phi) is 3.68. The summed E-state index contributed by atoms with van der Waals surface area (Å²) >= 11 is 1.78. The second kappa shape index (κ2) is 6.09. The maximum absolute atomic E-state index is 10.9. The van der Waals surface area contributed by atoms with Crippen LogP contribution in [0.15, 0.2) is 30.6 Å². The number of aromatic nitrogens is 4. The summed E-state index contributed by atoms with van der Waals surface area (Å²) in [5.41, 5.74) is 3.01. The van der Waals surface area contributed by atoms with Gasteiger partial charge in [-0.15, -0.1) is 16.4 Å². The van der Waals surface area contributed by atoms with Crippen LogP contribution in [0.3, 0.4) is 0 Å². The molecule has 1 aliphatic rings. The molecule has 136 valence electrons. The second-order valence-electron chi connectivity index (χ2n) is 6.95. The standard InChI is InChI=1S/C19H17N5O2S/c1-2-11-3-8-14-15(9-11)27-19-16(14)18-21-17(22-23(18)10-20-19)12-4-6-13(7-5-12)24(25)26/h4-7,10-11H,2-3,8-9H2,1H3/t11-/m1/s1. The molecule has 0 amide bonds. The van der Waals surface area contributed by atoms with Crippen LogP contribution in [0.1, 0.15) is 30.2 Å². The monoisotopic (exact) mass is 379 g/mol. The summed E-state index contributed by atoms with van der Waals surface area (Å²) < 4.78 is 1.72. The molecule has 3 heterocycles. The number of hydrogen-bond donors (Lipinski definition) is 0. The van der Waals surface area contributed by atoms with Crippen molar-refractivity contribution in [3.63, 3.8) is 0 Å². The van der Waals surface area contributed by atoms with Crippen LogP contribution < -0.4 is 0 Å². The van der Waals surface area contributed by atoms with Crippen molar-refractivity contribution in [1.82, 2.24) is 19.6 Å². The van der Waals surface area contributed by atoms with Crippen LogP contribution in [0, 0.1) is 16.0 Å². The summed E-state index contributed by atoms with van der Waals surface area (Å²) in [6.45, 7) is 2.26. The van der Waals surface area contributed by atoms with E-state index in [0.717, 1.165) is 40.2 Å². The first-order chi connectivity index (χ1) is 13.1. The third-order valence-electron chi connectivity index (χ3n) is 5.40.